The highest BCUT2D eigenvalue weighted by molar-refractivity contribution is 7.89. The highest BCUT2D eigenvalue weighted by Gasteiger charge is 2.42. The Labute approximate surface area is 156 Å². The van der Waals surface area contributed by atoms with Crippen LogP contribution in [0.1, 0.15) is 24.8 Å². The molecule has 0 aliphatic heterocycles. The molecule has 1 aromatic heterocycles. The number of hydrogen-bond acceptors (Lipinski definition) is 5. The topological polar surface area (TPSA) is 89.8 Å². The van der Waals surface area contributed by atoms with Gasteiger partial charge in [0.2, 0.25) is 10.0 Å². The van der Waals surface area contributed by atoms with Gasteiger partial charge >= 0.3 is 0 Å². The fourth-order valence-electron chi connectivity index (χ4n) is 3.14. The highest BCUT2D eigenvalue weighted by atomic mass is 35.5. The molecule has 1 aliphatic carbocycles. The van der Waals surface area contributed by atoms with Crippen molar-refractivity contribution in [3.63, 3.8) is 0 Å². The first-order valence-electron chi connectivity index (χ1n) is 8.12. The standard InChI is InChI=1S/C17H16ClN5O2S/c18-14-7-5-13(6-8-14)17(9-2-10-17)20-26(24,25)16-4-1-3-15(11-16)23-12-19-21-22-23/h1,3-8,11-12,20H,2,9-10H2. The third-order valence-corrected chi connectivity index (χ3v) is 6.46. The fourth-order valence-corrected chi connectivity index (χ4v) is 4.75. The Bertz CT molecular complexity index is 1020. The van der Waals surface area contributed by atoms with Gasteiger partial charge in [-0.25, -0.2) is 17.8 Å². The number of aromatic nitrogens is 4. The monoisotopic (exact) mass is 389 g/mol. The van der Waals surface area contributed by atoms with E-state index in [-0.39, 0.29) is 4.90 Å². The van der Waals surface area contributed by atoms with Crippen LogP contribution in [0, 0.1) is 0 Å². The minimum Gasteiger partial charge on any atom is -0.207 e. The zero-order valence-corrected chi connectivity index (χ0v) is 15.3. The Morgan fingerprint density at radius 1 is 1.12 bits per heavy atom. The number of hydrogen-bond donors (Lipinski definition) is 1. The normalized spacial score (nSPS) is 16.2. The zero-order valence-electron chi connectivity index (χ0n) is 13.7. The van der Waals surface area contributed by atoms with Crippen molar-refractivity contribution in [2.75, 3.05) is 0 Å². The second-order valence-corrected chi connectivity index (χ2v) is 8.42. The summed E-state index contributed by atoms with van der Waals surface area (Å²) in [5.74, 6) is 0. The van der Waals surface area contributed by atoms with Crippen molar-refractivity contribution in [1.82, 2.24) is 24.9 Å². The minimum absolute atomic E-state index is 0.172. The van der Waals surface area contributed by atoms with E-state index in [1.165, 1.54) is 11.0 Å². The molecule has 9 heteroatoms. The minimum atomic E-state index is -3.72. The number of rotatable bonds is 5. The maximum Gasteiger partial charge on any atom is 0.241 e. The van der Waals surface area contributed by atoms with Gasteiger partial charge in [0.15, 0.2) is 0 Å². The first-order valence-corrected chi connectivity index (χ1v) is 9.98. The van der Waals surface area contributed by atoms with Gasteiger partial charge in [-0.05, 0) is 65.6 Å². The molecule has 1 saturated carbocycles. The summed E-state index contributed by atoms with van der Waals surface area (Å²) < 4.78 is 30.3. The summed E-state index contributed by atoms with van der Waals surface area (Å²) in [4.78, 5) is 0.172. The molecule has 0 spiro atoms. The second kappa shape index (κ2) is 6.46. The molecule has 3 aromatic rings. The largest absolute Gasteiger partial charge is 0.241 e. The summed E-state index contributed by atoms with van der Waals surface area (Å²) in [7, 11) is -3.72. The van der Waals surface area contributed by atoms with Crippen LogP contribution in [0.5, 0.6) is 0 Å². The van der Waals surface area contributed by atoms with Gasteiger partial charge in [0, 0.05) is 5.02 Å². The number of nitrogens with zero attached hydrogens (tertiary/aromatic N) is 4. The molecule has 0 atom stereocenters. The van der Waals surface area contributed by atoms with Crippen LogP contribution in [0.3, 0.4) is 0 Å². The second-order valence-electron chi connectivity index (χ2n) is 6.30. The molecule has 1 heterocycles. The lowest BCUT2D eigenvalue weighted by Gasteiger charge is -2.42. The molecule has 0 amide bonds. The lowest BCUT2D eigenvalue weighted by molar-refractivity contribution is 0.224. The van der Waals surface area contributed by atoms with Crippen LogP contribution < -0.4 is 4.72 Å². The smallest absolute Gasteiger partial charge is 0.207 e. The summed E-state index contributed by atoms with van der Waals surface area (Å²) in [6.45, 7) is 0. The molecule has 26 heavy (non-hydrogen) atoms. The SMILES string of the molecule is O=S(=O)(NC1(c2ccc(Cl)cc2)CCC1)c1cccc(-n2cnnn2)c1. The van der Waals surface area contributed by atoms with Crippen molar-refractivity contribution in [1.29, 1.82) is 0 Å². The number of tetrazole rings is 1. The van der Waals surface area contributed by atoms with Crippen LogP contribution in [0.25, 0.3) is 5.69 Å². The average Bonchev–Trinajstić information content (AvgIpc) is 3.14. The van der Waals surface area contributed by atoms with Gasteiger partial charge in [-0.3, -0.25) is 0 Å². The number of nitrogens with one attached hydrogen (secondary N) is 1. The van der Waals surface area contributed by atoms with Crippen molar-refractivity contribution >= 4 is 21.6 Å². The molecule has 2 aromatic carbocycles. The first kappa shape index (κ1) is 17.1. The molecule has 1 fully saturated rings. The van der Waals surface area contributed by atoms with E-state index in [4.69, 9.17) is 11.6 Å². The van der Waals surface area contributed by atoms with Gasteiger partial charge in [-0.15, -0.1) is 5.10 Å². The lowest BCUT2D eigenvalue weighted by atomic mass is 9.73. The molecule has 7 nitrogen and oxygen atoms in total. The third kappa shape index (κ3) is 3.11. The summed E-state index contributed by atoms with van der Waals surface area (Å²) in [5.41, 5.74) is 0.911. The van der Waals surface area contributed by atoms with Crippen molar-refractivity contribution < 1.29 is 8.42 Å². The van der Waals surface area contributed by atoms with Crippen LogP contribution in [0.4, 0.5) is 0 Å². The van der Waals surface area contributed by atoms with Crippen LogP contribution in [0.15, 0.2) is 59.8 Å². The predicted molar refractivity (Wildman–Crippen MR) is 96.5 cm³/mol. The Morgan fingerprint density at radius 3 is 2.50 bits per heavy atom. The van der Waals surface area contributed by atoms with Crippen molar-refractivity contribution in [3.05, 3.63) is 65.4 Å². The maximum absolute atomic E-state index is 13.0. The third-order valence-electron chi connectivity index (χ3n) is 4.68. The van der Waals surface area contributed by atoms with E-state index in [0.29, 0.717) is 10.7 Å². The van der Waals surface area contributed by atoms with Gasteiger partial charge < -0.3 is 0 Å². The fraction of sp³-hybridized carbons (Fsp3) is 0.235. The van der Waals surface area contributed by atoms with Crippen molar-refractivity contribution in [3.8, 4) is 5.69 Å². The van der Waals surface area contributed by atoms with E-state index in [1.807, 2.05) is 12.1 Å². The van der Waals surface area contributed by atoms with E-state index >= 15 is 0 Å². The van der Waals surface area contributed by atoms with Gasteiger partial charge in [0.1, 0.15) is 6.33 Å². The molecule has 0 radical (unpaired) electrons. The van der Waals surface area contributed by atoms with E-state index < -0.39 is 15.6 Å². The quantitative estimate of drug-likeness (QED) is 0.724. The predicted octanol–water partition coefficient (Wildman–Crippen LogP) is 2.67. The molecular weight excluding hydrogens is 374 g/mol. The Hall–Kier alpha value is -2.29. The molecule has 0 saturated heterocycles. The summed E-state index contributed by atoms with van der Waals surface area (Å²) >= 11 is 5.96. The highest BCUT2D eigenvalue weighted by Crippen LogP contribution is 2.42. The summed E-state index contributed by atoms with van der Waals surface area (Å²) in [6.07, 6.45) is 3.89. The van der Waals surface area contributed by atoms with Crippen LogP contribution in [0.2, 0.25) is 5.02 Å². The average molecular weight is 390 g/mol. The molecule has 1 N–H and O–H groups in total. The molecule has 134 valence electrons. The lowest BCUT2D eigenvalue weighted by Crippen LogP contribution is -2.50. The Morgan fingerprint density at radius 2 is 1.88 bits per heavy atom. The van der Waals surface area contributed by atoms with E-state index in [2.05, 4.69) is 20.2 Å². The van der Waals surface area contributed by atoms with E-state index in [1.54, 1.807) is 36.4 Å². The van der Waals surface area contributed by atoms with Crippen molar-refractivity contribution in [2.45, 2.75) is 29.7 Å². The Kier molecular flexibility index (Phi) is 4.26. The Balaban J connectivity index is 1.66. The van der Waals surface area contributed by atoms with Crippen LogP contribution in [-0.2, 0) is 15.6 Å². The van der Waals surface area contributed by atoms with Gasteiger partial charge in [0.05, 0.1) is 16.1 Å². The zero-order chi connectivity index (χ0) is 18.2. The number of benzene rings is 2. The van der Waals surface area contributed by atoms with Gasteiger partial charge in [-0.2, -0.15) is 0 Å². The van der Waals surface area contributed by atoms with Gasteiger partial charge in [0.25, 0.3) is 0 Å². The van der Waals surface area contributed by atoms with Crippen LogP contribution in [-0.4, -0.2) is 28.6 Å². The number of sulfonamides is 1. The molecule has 0 unspecified atom stereocenters. The van der Waals surface area contributed by atoms with E-state index in [9.17, 15) is 8.42 Å². The van der Waals surface area contributed by atoms with Crippen LogP contribution >= 0.6 is 11.6 Å². The molecule has 0 bridgehead atoms. The molecule has 4 rings (SSSR count). The molecular formula is C17H16ClN5O2S. The van der Waals surface area contributed by atoms with Gasteiger partial charge in [-0.1, -0.05) is 29.8 Å². The van der Waals surface area contributed by atoms with Crippen molar-refractivity contribution in [2.24, 2.45) is 0 Å². The number of halogens is 1. The van der Waals surface area contributed by atoms with E-state index in [0.717, 1.165) is 24.8 Å². The first-order chi connectivity index (χ1) is 12.5. The summed E-state index contributed by atoms with van der Waals surface area (Å²) in [6, 6.07) is 13.8. The summed E-state index contributed by atoms with van der Waals surface area (Å²) in [5, 5.41) is 11.6. The maximum atomic E-state index is 13.0. The molecule has 1 aliphatic rings.